The summed E-state index contributed by atoms with van der Waals surface area (Å²) in [5.74, 6) is 0.870. The van der Waals surface area contributed by atoms with Crippen molar-refractivity contribution in [2.24, 2.45) is 0 Å². The molecular weight excluding hydrogens is 320 g/mol. The number of amides is 1. The highest BCUT2D eigenvalue weighted by atomic mass is 16.5. The molecule has 0 spiro atoms. The highest BCUT2D eigenvalue weighted by molar-refractivity contribution is 6.04. The maximum Gasteiger partial charge on any atom is 0.274 e. The summed E-state index contributed by atoms with van der Waals surface area (Å²) in [5.41, 5.74) is 1.40. The number of ketones is 1. The Hall–Kier alpha value is -2.80. The van der Waals surface area contributed by atoms with Gasteiger partial charge < -0.3 is 15.0 Å². The molecule has 1 saturated heterocycles. The average Bonchev–Trinajstić information content (AvgIpc) is 2.62. The van der Waals surface area contributed by atoms with Gasteiger partial charge in [0.2, 0.25) is 0 Å². The molecule has 0 radical (unpaired) electrons. The zero-order chi connectivity index (χ0) is 17.8. The Balaban J connectivity index is 1.81. The molecule has 0 unspecified atom stereocenters. The first-order valence-electron chi connectivity index (χ1n) is 8.13. The van der Waals surface area contributed by atoms with E-state index in [1.54, 1.807) is 37.3 Å². The van der Waals surface area contributed by atoms with Crippen LogP contribution in [0.15, 0.2) is 30.3 Å². The number of nitrogens with zero attached hydrogens (tertiary/aromatic N) is 3. The number of morpholine rings is 1. The van der Waals surface area contributed by atoms with E-state index in [2.05, 4.69) is 20.2 Å². The zero-order valence-electron chi connectivity index (χ0n) is 14.3. The van der Waals surface area contributed by atoms with Crippen LogP contribution in [0.25, 0.3) is 0 Å². The lowest BCUT2D eigenvalue weighted by atomic mass is 10.1. The average molecular weight is 340 g/mol. The van der Waals surface area contributed by atoms with Crippen molar-refractivity contribution in [1.29, 1.82) is 0 Å². The van der Waals surface area contributed by atoms with Crippen LogP contribution in [0.5, 0.6) is 0 Å². The molecule has 7 nitrogen and oxygen atoms in total. The number of hydrogen-bond donors (Lipinski definition) is 1. The number of hydrogen-bond acceptors (Lipinski definition) is 6. The zero-order valence-corrected chi connectivity index (χ0v) is 14.3. The number of rotatable bonds is 4. The number of benzene rings is 1. The smallest absolute Gasteiger partial charge is 0.274 e. The minimum absolute atomic E-state index is 0.0522. The summed E-state index contributed by atoms with van der Waals surface area (Å²) >= 11 is 0. The van der Waals surface area contributed by atoms with Crippen LogP contribution in [0, 0.1) is 6.92 Å². The van der Waals surface area contributed by atoms with Gasteiger partial charge in [-0.3, -0.25) is 9.59 Å². The predicted molar refractivity (Wildman–Crippen MR) is 94.2 cm³/mol. The van der Waals surface area contributed by atoms with Crippen molar-refractivity contribution in [3.63, 3.8) is 0 Å². The maximum absolute atomic E-state index is 12.6. The Kier molecular flexibility index (Phi) is 5.04. The third-order valence-corrected chi connectivity index (χ3v) is 3.92. The van der Waals surface area contributed by atoms with Gasteiger partial charge in [0.05, 0.1) is 13.2 Å². The normalized spacial score (nSPS) is 14.2. The summed E-state index contributed by atoms with van der Waals surface area (Å²) in [6.45, 7) is 6.00. The van der Waals surface area contributed by atoms with Gasteiger partial charge in [-0.05, 0) is 26.0 Å². The lowest BCUT2D eigenvalue weighted by Crippen LogP contribution is -2.37. The fourth-order valence-electron chi connectivity index (χ4n) is 2.63. The number of Topliss-reactive ketones (excluding diaryl/α,β-unsaturated/α-hetero) is 1. The van der Waals surface area contributed by atoms with Crippen molar-refractivity contribution in [3.05, 3.63) is 47.4 Å². The Labute approximate surface area is 146 Å². The van der Waals surface area contributed by atoms with Crippen LogP contribution < -0.4 is 10.2 Å². The van der Waals surface area contributed by atoms with Crippen molar-refractivity contribution in [1.82, 2.24) is 9.97 Å². The molecule has 0 saturated carbocycles. The van der Waals surface area contributed by atoms with E-state index in [9.17, 15) is 9.59 Å². The van der Waals surface area contributed by atoms with Gasteiger partial charge >= 0.3 is 0 Å². The monoisotopic (exact) mass is 340 g/mol. The molecule has 2 aromatic rings. The molecule has 0 bridgehead atoms. The molecule has 1 N–H and O–H groups in total. The van der Waals surface area contributed by atoms with Gasteiger partial charge in [0.1, 0.15) is 17.3 Å². The minimum atomic E-state index is -0.333. The van der Waals surface area contributed by atoms with Gasteiger partial charge in [-0.2, -0.15) is 0 Å². The van der Waals surface area contributed by atoms with Gasteiger partial charge in [0.25, 0.3) is 5.91 Å². The number of carbonyl (C=O) groups excluding carboxylic acids is 2. The van der Waals surface area contributed by atoms with Crippen LogP contribution in [-0.2, 0) is 4.74 Å². The first-order chi connectivity index (χ1) is 12.0. The molecule has 1 fully saturated rings. The second kappa shape index (κ2) is 7.40. The van der Waals surface area contributed by atoms with Crippen LogP contribution in [-0.4, -0.2) is 48.0 Å². The first-order valence-corrected chi connectivity index (χ1v) is 8.13. The van der Waals surface area contributed by atoms with E-state index in [1.165, 1.54) is 6.92 Å². The standard InChI is InChI=1S/C18H20N4O3/c1-12(23)14-4-3-5-15(10-14)21-18(24)16-11-17(20-13(2)19-16)22-6-8-25-9-7-22/h3-5,10-11H,6-9H2,1-2H3,(H,21,24). The lowest BCUT2D eigenvalue weighted by molar-refractivity contribution is 0.100. The molecule has 1 aromatic carbocycles. The van der Waals surface area contributed by atoms with Crippen LogP contribution in [0.2, 0.25) is 0 Å². The molecule has 25 heavy (non-hydrogen) atoms. The fraction of sp³-hybridized carbons (Fsp3) is 0.333. The summed E-state index contributed by atoms with van der Waals surface area (Å²) in [5, 5.41) is 2.79. The van der Waals surface area contributed by atoms with Crippen LogP contribution in [0.3, 0.4) is 0 Å². The van der Waals surface area contributed by atoms with Crippen molar-refractivity contribution in [2.75, 3.05) is 36.5 Å². The minimum Gasteiger partial charge on any atom is -0.378 e. The molecule has 7 heteroatoms. The number of aromatic nitrogens is 2. The molecule has 2 heterocycles. The van der Waals surface area contributed by atoms with Crippen molar-refractivity contribution >= 4 is 23.2 Å². The number of anilines is 2. The van der Waals surface area contributed by atoms with Crippen molar-refractivity contribution < 1.29 is 14.3 Å². The van der Waals surface area contributed by atoms with E-state index in [0.29, 0.717) is 36.0 Å². The molecule has 130 valence electrons. The Bertz CT molecular complexity index is 801. The Morgan fingerprint density at radius 2 is 1.92 bits per heavy atom. The van der Waals surface area contributed by atoms with E-state index in [-0.39, 0.29) is 11.7 Å². The van der Waals surface area contributed by atoms with Crippen LogP contribution in [0.4, 0.5) is 11.5 Å². The summed E-state index contributed by atoms with van der Waals surface area (Å²) in [6, 6.07) is 8.51. The van der Waals surface area contributed by atoms with Crippen molar-refractivity contribution in [2.45, 2.75) is 13.8 Å². The maximum atomic E-state index is 12.6. The topological polar surface area (TPSA) is 84.4 Å². The summed E-state index contributed by atoms with van der Waals surface area (Å²) < 4.78 is 5.35. The summed E-state index contributed by atoms with van der Waals surface area (Å²) in [7, 11) is 0. The van der Waals surface area contributed by atoms with Gasteiger partial charge in [-0.1, -0.05) is 12.1 Å². The van der Waals surface area contributed by atoms with Crippen LogP contribution in [0.1, 0.15) is 33.6 Å². The Morgan fingerprint density at radius 1 is 1.16 bits per heavy atom. The molecule has 1 aromatic heterocycles. The summed E-state index contributed by atoms with van der Waals surface area (Å²) in [4.78, 5) is 34.7. The first kappa shape index (κ1) is 17.0. The largest absolute Gasteiger partial charge is 0.378 e. The molecule has 3 rings (SSSR count). The SMILES string of the molecule is CC(=O)c1cccc(NC(=O)c2cc(N3CCOCC3)nc(C)n2)c1. The molecule has 1 amide bonds. The van der Waals surface area contributed by atoms with E-state index in [0.717, 1.165) is 18.9 Å². The number of carbonyl (C=O) groups is 2. The van der Waals surface area contributed by atoms with Gasteiger partial charge in [-0.25, -0.2) is 9.97 Å². The van der Waals surface area contributed by atoms with E-state index in [1.807, 2.05) is 0 Å². The van der Waals surface area contributed by atoms with Gasteiger partial charge in [0, 0.05) is 30.4 Å². The van der Waals surface area contributed by atoms with Gasteiger partial charge in [-0.15, -0.1) is 0 Å². The van der Waals surface area contributed by atoms with Crippen LogP contribution >= 0.6 is 0 Å². The third-order valence-electron chi connectivity index (χ3n) is 3.92. The van der Waals surface area contributed by atoms with E-state index < -0.39 is 0 Å². The third kappa shape index (κ3) is 4.19. The highest BCUT2D eigenvalue weighted by Crippen LogP contribution is 2.17. The number of ether oxygens (including phenoxy) is 1. The fourth-order valence-corrected chi connectivity index (χ4v) is 2.63. The van der Waals surface area contributed by atoms with E-state index >= 15 is 0 Å². The molecule has 1 aliphatic heterocycles. The van der Waals surface area contributed by atoms with Crippen molar-refractivity contribution in [3.8, 4) is 0 Å². The number of nitrogens with one attached hydrogen (secondary N) is 1. The molecular formula is C18H20N4O3. The summed E-state index contributed by atoms with van der Waals surface area (Å²) in [6.07, 6.45) is 0. The molecule has 1 aliphatic rings. The lowest BCUT2D eigenvalue weighted by Gasteiger charge is -2.28. The van der Waals surface area contributed by atoms with E-state index in [4.69, 9.17) is 4.74 Å². The Morgan fingerprint density at radius 3 is 2.64 bits per heavy atom. The second-order valence-corrected chi connectivity index (χ2v) is 5.85. The quantitative estimate of drug-likeness (QED) is 0.858. The predicted octanol–water partition coefficient (Wildman–Crippen LogP) is 2.08. The number of aryl methyl sites for hydroxylation is 1. The highest BCUT2D eigenvalue weighted by Gasteiger charge is 2.17. The molecule has 0 aliphatic carbocycles. The van der Waals surface area contributed by atoms with Gasteiger partial charge in [0.15, 0.2) is 5.78 Å². The molecule has 0 atom stereocenters. The second-order valence-electron chi connectivity index (χ2n) is 5.85.